The summed E-state index contributed by atoms with van der Waals surface area (Å²) < 4.78 is 11.8. The zero-order chi connectivity index (χ0) is 16.2. The van der Waals surface area contributed by atoms with Crippen molar-refractivity contribution in [3.05, 3.63) is 42.2 Å². The molecule has 0 spiro atoms. The van der Waals surface area contributed by atoms with E-state index in [1.165, 1.54) is 25.1 Å². The topological polar surface area (TPSA) is 103 Å². The summed E-state index contributed by atoms with van der Waals surface area (Å²) in [5, 5.41) is 11.8. The van der Waals surface area contributed by atoms with Gasteiger partial charge in [-0.25, -0.2) is 0 Å². The second-order valence-electron chi connectivity index (χ2n) is 4.53. The van der Waals surface area contributed by atoms with Gasteiger partial charge in [-0.05, 0) is 24.3 Å². The number of hydrogen-bond donors (Lipinski definition) is 2. The summed E-state index contributed by atoms with van der Waals surface area (Å²) >= 11 is 0. The van der Waals surface area contributed by atoms with Crippen LogP contribution in [0.3, 0.4) is 0 Å². The van der Waals surface area contributed by atoms with Gasteiger partial charge in [0.2, 0.25) is 0 Å². The summed E-state index contributed by atoms with van der Waals surface area (Å²) in [6.07, 6.45) is 1.47. The van der Waals surface area contributed by atoms with E-state index in [1.807, 2.05) is 0 Å². The van der Waals surface area contributed by atoms with Crippen LogP contribution in [0.4, 0.5) is 5.82 Å². The van der Waals surface area contributed by atoms with Gasteiger partial charge >= 0.3 is 0 Å². The van der Waals surface area contributed by atoms with Crippen LogP contribution in [0.25, 0.3) is 5.65 Å². The van der Waals surface area contributed by atoms with Gasteiger partial charge in [0.15, 0.2) is 11.5 Å². The Kier molecular flexibility index (Phi) is 3.91. The SMILES string of the molecule is COc1cc(OC)cc(C(=O)NNc2ccc3nncn3n2)c1. The lowest BCUT2D eigenvalue weighted by Gasteiger charge is -2.10. The molecule has 0 radical (unpaired) electrons. The van der Waals surface area contributed by atoms with Gasteiger partial charge in [-0.3, -0.25) is 15.6 Å². The van der Waals surface area contributed by atoms with Gasteiger partial charge < -0.3 is 9.47 Å². The van der Waals surface area contributed by atoms with E-state index in [2.05, 4.69) is 26.1 Å². The van der Waals surface area contributed by atoms with Crippen molar-refractivity contribution < 1.29 is 14.3 Å². The predicted molar refractivity (Wildman–Crippen MR) is 81.4 cm³/mol. The van der Waals surface area contributed by atoms with Gasteiger partial charge in [-0.15, -0.1) is 15.3 Å². The smallest absolute Gasteiger partial charge is 0.269 e. The van der Waals surface area contributed by atoms with Gasteiger partial charge in [-0.1, -0.05) is 0 Å². The molecule has 118 valence electrons. The van der Waals surface area contributed by atoms with Crippen LogP contribution in [0.1, 0.15) is 10.4 Å². The van der Waals surface area contributed by atoms with Crippen molar-refractivity contribution in [2.45, 2.75) is 0 Å². The van der Waals surface area contributed by atoms with E-state index in [0.29, 0.717) is 28.5 Å². The maximum atomic E-state index is 12.2. The first-order valence-corrected chi connectivity index (χ1v) is 6.66. The molecule has 0 bridgehead atoms. The van der Waals surface area contributed by atoms with Gasteiger partial charge in [0.25, 0.3) is 5.91 Å². The van der Waals surface area contributed by atoms with Gasteiger partial charge in [0.05, 0.1) is 14.2 Å². The van der Waals surface area contributed by atoms with Crippen LogP contribution in [0.2, 0.25) is 0 Å². The summed E-state index contributed by atoms with van der Waals surface area (Å²) in [6, 6.07) is 8.30. The monoisotopic (exact) mass is 314 g/mol. The Morgan fingerprint density at radius 1 is 1.13 bits per heavy atom. The molecule has 0 fully saturated rings. The van der Waals surface area contributed by atoms with Crippen molar-refractivity contribution in [2.24, 2.45) is 0 Å². The molecule has 3 aromatic rings. The van der Waals surface area contributed by atoms with Crippen LogP contribution in [0, 0.1) is 0 Å². The van der Waals surface area contributed by atoms with Crippen LogP contribution in [-0.4, -0.2) is 39.9 Å². The van der Waals surface area contributed by atoms with E-state index in [-0.39, 0.29) is 5.91 Å². The molecule has 9 heteroatoms. The largest absolute Gasteiger partial charge is 0.497 e. The highest BCUT2D eigenvalue weighted by Gasteiger charge is 2.10. The zero-order valence-corrected chi connectivity index (χ0v) is 12.5. The van der Waals surface area contributed by atoms with E-state index < -0.39 is 0 Å². The molecule has 9 nitrogen and oxygen atoms in total. The minimum Gasteiger partial charge on any atom is -0.497 e. The fourth-order valence-electron chi connectivity index (χ4n) is 1.93. The zero-order valence-electron chi connectivity index (χ0n) is 12.5. The quantitative estimate of drug-likeness (QED) is 0.674. The second kappa shape index (κ2) is 6.18. The minimum atomic E-state index is -0.354. The molecule has 2 N–H and O–H groups in total. The van der Waals surface area contributed by atoms with Crippen LogP contribution < -0.4 is 20.3 Å². The Balaban J connectivity index is 1.73. The number of fused-ring (bicyclic) bond motifs is 1. The lowest BCUT2D eigenvalue weighted by Crippen LogP contribution is -2.30. The summed E-state index contributed by atoms with van der Waals surface area (Å²) in [5.74, 6) is 1.14. The van der Waals surface area contributed by atoms with Crippen molar-refractivity contribution in [1.29, 1.82) is 0 Å². The lowest BCUT2D eigenvalue weighted by molar-refractivity contribution is 0.0961. The number of amides is 1. The third-order valence-electron chi connectivity index (χ3n) is 3.08. The molecule has 0 saturated carbocycles. The van der Waals surface area contributed by atoms with Crippen molar-refractivity contribution >= 4 is 17.4 Å². The molecule has 23 heavy (non-hydrogen) atoms. The lowest BCUT2D eigenvalue weighted by atomic mass is 10.2. The van der Waals surface area contributed by atoms with Crippen LogP contribution in [0.5, 0.6) is 11.5 Å². The molecule has 0 aliphatic rings. The fourth-order valence-corrected chi connectivity index (χ4v) is 1.93. The molecule has 0 atom stereocenters. The Bertz CT molecular complexity index is 825. The molecular weight excluding hydrogens is 300 g/mol. The summed E-state index contributed by atoms with van der Waals surface area (Å²) in [6.45, 7) is 0. The second-order valence-corrected chi connectivity index (χ2v) is 4.53. The highest BCUT2D eigenvalue weighted by Crippen LogP contribution is 2.22. The predicted octanol–water partition coefficient (Wildman–Crippen LogP) is 0.898. The number of hydrogen-bond acceptors (Lipinski definition) is 7. The maximum Gasteiger partial charge on any atom is 0.269 e. The first kappa shape index (κ1) is 14.6. The van der Waals surface area contributed by atoms with Crippen LogP contribution in [-0.2, 0) is 0 Å². The molecular formula is C14H14N6O3. The normalized spacial score (nSPS) is 10.3. The van der Waals surface area contributed by atoms with Gasteiger partial charge in [0.1, 0.15) is 17.8 Å². The number of aromatic nitrogens is 4. The Hall–Kier alpha value is -3.36. The summed E-state index contributed by atoms with van der Waals surface area (Å²) in [7, 11) is 3.04. The third-order valence-corrected chi connectivity index (χ3v) is 3.08. The molecule has 1 aromatic carbocycles. The first-order valence-electron chi connectivity index (χ1n) is 6.66. The standard InChI is InChI=1S/C14H14N6O3/c1-22-10-5-9(6-11(7-10)23-2)14(21)18-16-12-3-4-13-17-15-8-20(13)19-12/h3-8H,1-2H3,(H,16,19)(H,18,21). The van der Waals surface area contributed by atoms with E-state index in [1.54, 1.807) is 30.3 Å². The molecule has 0 saturated heterocycles. The minimum absolute atomic E-state index is 0.354. The molecule has 2 heterocycles. The van der Waals surface area contributed by atoms with E-state index in [0.717, 1.165) is 0 Å². The number of rotatable bonds is 5. The number of anilines is 1. The number of carbonyl (C=O) groups is 1. The number of carbonyl (C=O) groups excluding carboxylic acids is 1. The van der Waals surface area contributed by atoms with Gasteiger partial charge in [0, 0.05) is 11.6 Å². The molecule has 0 unspecified atom stereocenters. The van der Waals surface area contributed by atoms with Gasteiger partial charge in [-0.2, -0.15) is 4.52 Å². The number of nitrogens with zero attached hydrogens (tertiary/aromatic N) is 4. The van der Waals surface area contributed by atoms with Crippen molar-refractivity contribution in [3.63, 3.8) is 0 Å². The fraction of sp³-hybridized carbons (Fsp3) is 0.143. The number of nitrogens with one attached hydrogen (secondary N) is 2. The molecule has 1 amide bonds. The summed E-state index contributed by atoms with van der Waals surface area (Å²) in [5.41, 5.74) is 6.29. The van der Waals surface area contributed by atoms with Crippen LogP contribution in [0.15, 0.2) is 36.7 Å². The number of methoxy groups -OCH3 is 2. The maximum absolute atomic E-state index is 12.2. The third kappa shape index (κ3) is 3.12. The van der Waals surface area contributed by atoms with E-state index >= 15 is 0 Å². The Morgan fingerprint density at radius 2 is 1.87 bits per heavy atom. The first-order chi connectivity index (χ1) is 11.2. The van der Waals surface area contributed by atoms with Crippen LogP contribution >= 0.6 is 0 Å². The average Bonchev–Trinajstić information content (AvgIpc) is 3.06. The van der Waals surface area contributed by atoms with Crippen molar-refractivity contribution in [3.8, 4) is 11.5 Å². The van der Waals surface area contributed by atoms with E-state index in [4.69, 9.17) is 9.47 Å². The molecule has 2 aromatic heterocycles. The Labute approximate surface area is 131 Å². The summed E-state index contributed by atoms with van der Waals surface area (Å²) in [4.78, 5) is 12.2. The molecule has 0 aliphatic heterocycles. The van der Waals surface area contributed by atoms with Crippen molar-refractivity contribution in [2.75, 3.05) is 19.6 Å². The molecule has 3 rings (SSSR count). The number of benzene rings is 1. The van der Waals surface area contributed by atoms with E-state index in [9.17, 15) is 4.79 Å². The Morgan fingerprint density at radius 3 is 2.57 bits per heavy atom. The number of ether oxygens (including phenoxy) is 2. The molecule has 0 aliphatic carbocycles. The number of hydrazine groups is 1. The highest BCUT2D eigenvalue weighted by molar-refractivity contribution is 5.95. The highest BCUT2D eigenvalue weighted by atomic mass is 16.5. The average molecular weight is 314 g/mol. The van der Waals surface area contributed by atoms with Crippen molar-refractivity contribution in [1.82, 2.24) is 25.2 Å².